The molecule has 0 fully saturated rings. The van der Waals surface area contributed by atoms with Crippen LogP contribution in [0.25, 0.3) is 0 Å². The van der Waals surface area contributed by atoms with Crippen LogP contribution in [-0.2, 0) is 4.74 Å². The van der Waals surface area contributed by atoms with Crippen molar-refractivity contribution in [2.24, 2.45) is 0 Å². The Morgan fingerprint density at radius 1 is 1.53 bits per heavy atom. The highest BCUT2D eigenvalue weighted by atomic mass is 35.5. The van der Waals surface area contributed by atoms with Crippen LogP contribution in [0.2, 0.25) is 5.02 Å². The third-order valence-electron chi connectivity index (χ3n) is 2.23. The maximum absolute atomic E-state index is 11.9. The molecule has 0 aromatic heterocycles. The lowest BCUT2D eigenvalue weighted by Gasteiger charge is -2.15. The summed E-state index contributed by atoms with van der Waals surface area (Å²) in [5.41, 5.74) is 1.39. The first kappa shape index (κ1) is 14.0. The number of nitrogens with one attached hydrogen (secondary N) is 1. The van der Waals surface area contributed by atoms with Crippen LogP contribution in [0.1, 0.15) is 15.9 Å². The van der Waals surface area contributed by atoms with Crippen LogP contribution in [0.3, 0.4) is 0 Å². The molecular formula is C12H16ClNO3. The monoisotopic (exact) mass is 257 g/mol. The fourth-order valence-electron chi connectivity index (χ4n) is 1.48. The van der Waals surface area contributed by atoms with Gasteiger partial charge in [-0.15, -0.1) is 0 Å². The lowest BCUT2D eigenvalue weighted by atomic mass is 10.1. The third-order valence-corrected chi connectivity index (χ3v) is 2.45. The van der Waals surface area contributed by atoms with Crippen LogP contribution < -0.4 is 5.32 Å². The number of hydrogen-bond donors (Lipinski definition) is 2. The van der Waals surface area contributed by atoms with Gasteiger partial charge in [0.1, 0.15) is 0 Å². The van der Waals surface area contributed by atoms with Gasteiger partial charge < -0.3 is 15.2 Å². The van der Waals surface area contributed by atoms with Gasteiger partial charge in [-0.05, 0) is 30.7 Å². The quantitative estimate of drug-likeness (QED) is 0.838. The Balaban J connectivity index is 2.75. The Kier molecular flexibility index (Phi) is 5.41. The number of carbonyl (C=O) groups excluding carboxylic acids is 1. The summed E-state index contributed by atoms with van der Waals surface area (Å²) in [6, 6.07) is 4.69. The Labute approximate surface area is 106 Å². The molecule has 0 spiro atoms. The molecule has 1 rings (SSSR count). The number of halogens is 1. The second-order valence-corrected chi connectivity index (χ2v) is 4.26. The summed E-state index contributed by atoms with van der Waals surface area (Å²) >= 11 is 5.87. The fraction of sp³-hybridized carbons (Fsp3) is 0.417. The summed E-state index contributed by atoms with van der Waals surface area (Å²) in [6.45, 7) is 1.96. The van der Waals surface area contributed by atoms with Crippen LogP contribution >= 0.6 is 11.6 Å². The molecule has 1 aromatic rings. The van der Waals surface area contributed by atoms with Crippen molar-refractivity contribution in [2.45, 2.75) is 13.0 Å². The van der Waals surface area contributed by atoms with Crippen LogP contribution in [0.4, 0.5) is 0 Å². The first-order valence-corrected chi connectivity index (χ1v) is 5.62. The Morgan fingerprint density at radius 3 is 2.76 bits per heavy atom. The molecule has 4 nitrogen and oxygen atoms in total. The normalized spacial score (nSPS) is 12.2. The van der Waals surface area contributed by atoms with Gasteiger partial charge in [0.05, 0.1) is 19.3 Å². The van der Waals surface area contributed by atoms with Gasteiger partial charge in [0.15, 0.2) is 0 Å². The molecule has 1 atom stereocenters. The maximum atomic E-state index is 11.9. The van der Waals surface area contributed by atoms with Crippen LogP contribution in [0.5, 0.6) is 0 Å². The van der Waals surface area contributed by atoms with Crippen molar-refractivity contribution in [3.8, 4) is 0 Å². The van der Waals surface area contributed by atoms with E-state index < -0.39 is 6.04 Å². The van der Waals surface area contributed by atoms with Crippen LogP contribution in [0, 0.1) is 6.92 Å². The van der Waals surface area contributed by atoms with E-state index >= 15 is 0 Å². The standard InChI is InChI=1S/C12H16ClNO3/c1-8-3-9(5-10(13)4-8)12(16)14-11(6-15)7-17-2/h3-5,11,15H,6-7H2,1-2H3,(H,14,16). The van der Waals surface area contributed by atoms with E-state index in [4.69, 9.17) is 21.4 Å². The number of rotatable bonds is 5. The molecular weight excluding hydrogens is 242 g/mol. The van der Waals surface area contributed by atoms with Gasteiger partial charge in [-0.1, -0.05) is 11.6 Å². The minimum absolute atomic E-state index is 0.168. The molecule has 2 N–H and O–H groups in total. The largest absolute Gasteiger partial charge is 0.394 e. The van der Waals surface area contributed by atoms with Crippen molar-refractivity contribution >= 4 is 17.5 Å². The zero-order valence-electron chi connectivity index (χ0n) is 9.87. The molecule has 0 saturated heterocycles. The smallest absolute Gasteiger partial charge is 0.251 e. The number of aliphatic hydroxyl groups excluding tert-OH is 1. The lowest BCUT2D eigenvalue weighted by molar-refractivity contribution is 0.0839. The highest BCUT2D eigenvalue weighted by molar-refractivity contribution is 6.31. The SMILES string of the molecule is COCC(CO)NC(=O)c1cc(C)cc(Cl)c1. The average Bonchev–Trinajstić information content (AvgIpc) is 2.27. The zero-order valence-corrected chi connectivity index (χ0v) is 10.6. The molecule has 1 aromatic carbocycles. The molecule has 1 unspecified atom stereocenters. The molecule has 5 heteroatoms. The van der Waals surface area contributed by atoms with Crippen molar-refractivity contribution in [2.75, 3.05) is 20.3 Å². The number of amides is 1. The number of aryl methyl sites for hydroxylation is 1. The van der Waals surface area contributed by atoms with Gasteiger partial charge in [-0.2, -0.15) is 0 Å². The molecule has 94 valence electrons. The minimum Gasteiger partial charge on any atom is -0.394 e. The van der Waals surface area contributed by atoms with Crippen molar-refractivity contribution in [3.05, 3.63) is 34.3 Å². The van der Waals surface area contributed by atoms with E-state index in [2.05, 4.69) is 5.32 Å². The van der Waals surface area contributed by atoms with E-state index in [-0.39, 0.29) is 19.1 Å². The highest BCUT2D eigenvalue weighted by Gasteiger charge is 2.13. The lowest BCUT2D eigenvalue weighted by Crippen LogP contribution is -2.40. The van der Waals surface area contributed by atoms with E-state index in [1.165, 1.54) is 7.11 Å². The molecule has 17 heavy (non-hydrogen) atoms. The molecule has 0 aliphatic heterocycles. The Bertz CT molecular complexity index is 375. The maximum Gasteiger partial charge on any atom is 0.251 e. The summed E-state index contributed by atoms with van der Waals surface area (Å²) in [5, 5.41) is 12.2. The molecule has 0 bridgehead atoms. The van der Waals surface area contributed by atoms with Gasteiger partial charge in [-0.25, -0.2) is 0 Å². The van der Waals surface area contributed by atoms with Gasteiger partial charge in [0, 0.05) is 17.7 Å². The highest BCUT2D eigenvalue weighted by Crippen LogP contribution is 2.14. The van der Waals surface area contributed by atoms with E-state index in [0.717, 1.165) is 5.56 Å². The molecule has 0 heterocycles. The van der Waals surface area contributed by atoms with Gasteiger partial charge in [0.2, 0.25) is 0 Å². The van der Waals surface area contributed by atoms with E-state index in [1.807, 2.05) is 6.92 Å². The first-order chi connectivity index (χ1) is 8.06. The number of carbonyl (C=O) groups is 1. The number of hydrogen-bond acceptors (Lipinski definition) is 3. The van der Waals surface area contributed by atoms with Crippen LogP contribution in [0.15, 0.2) is 18.2 Å². The van der Waals surface area contributed by atoms with Crippen molar-refractivity contribution in [1.29, 1.82) is 0 Å². The second kappa shape index (κ2) is 6.59. The molecule has 0 aliphatic rings. The van der Waals surface area contributed by atoms with Gasteiger partial charge in [0.25, 0.3) is 5.91 Å². The second-order valence-electron chi connectivity index (χ2n) is 3.83. The topological polar surface area (TPSA) is 58.6 Å². The zero-order chi connectivity index (χ0) is 12.8. The van der Waals surface area contributed by atoms with Gasteiger partial charge >= 0.3 is 0 Å². The third kappa shape index (κ3) is 4.34. The minimum atomic E-state index is -0.410. The molecule has 1 amide bonds. The van der Waals surface area contributed by atoms with Gasteiger partial charge in [-0.3, -0.25) is 4.79 Å². The van der Waals surface area contributed by atoms with E-state index in [9.17, 15) is 4.79 Å². The van der Waals surface area contributed by atoms with Crippen LogP contribution in [-0.4, -0.2) is 37.4 Å². The first-order valence-electron chi connectivity index (χ1n) is 5.24. The molecule has 0 saturated carbocycles. The summed E-state index contributed by atoms with van der Waals surface area (Å²) in [6.07, 6.45) is 0. The number of ether oxygens (including phenoxy) is 1. The van der Waals surface area contributed by atoms with E-state index in [0.29, 0.717) is 10.6 Å². The van der Waals surface area contributed by atoms with Crippen molar-refractivity contribution < 1.29 is 14.6 Å². The van der Waals surface area contributed by atoms with Crippen molar-refractivity contribution in [1.82, 2.24) is 5.32 Å². The summed E-state index contributed by atoms with van der Waals surface area (Å²) in [7, 11) is 1.51. The van der Waals surface area contributed by atoms with Crippen molar-refractivity contribution in [3.63, 3.8) is 0 Å². The number of methoxy groups -OCH3 is 1. The summed E-state index contributed by atoms with van der Waals surface area (Å²) in [5.74, 6) is -0.272. The average molecular weight is 258 g/mol. The number of aliphatic hydroxyl groups is 1. The summed E-state index contributed by atoms with van der Waals surface area (Å²) < 4.78 is 4.88. The Hall–Kier alpha value is -1.10. The Morgan fingerprint density at radius 2 is 2.24 bits per heavy atom. The molecule has 0 aliphatic carbocycles. The predicted molar refractivity (Wildman–Crippen MR) is 66.4 cm³/mol. The molecule has 0 radical (unpaired) electrons. The fourth-order valence-corrected chi connectivity index (χ4v) is 1.77. The predicted octanol–water partition coefficient (Wildman–Crippen LogP) is 1.39. The van der Waals surface area contributed by atoms with E-state index in [1.54, 1.807) is 18.2 Å². The number of benzene rings is 1. The summed E-state index contributed by atoms with van der Waals surface area (Å²) in [4.78, 5) is 11.9.